The van der Waals surface area contributed by atoms with Gasteiger partial charge < -0.3 is 15.1 Å². The highest BCUT2D eigenvalue weighted by Crippen LogP contribution is 2.27. The van der Waals surface area contributed by atoms with E-state index in [9.17, 15) is 14.4 Å². The molecule has 1 unspecified atom stereocenters. The fraction of sp³-hybridized carbons (Fsp3) is 0.364. The molecule has 1 fully saturated rings. The molecular formula is C22H23ClN4O4S. The van der Waals surface area contributed by atoms with Crippen molar-refractivity contribution in [3.8, 4) is 0 Å². The Morgan fingerprint density at radius 1 is 1.31 bits per heavy atom. The second kappa shape index (κ2) is 9.38. The fourth-order valence-electron chi connectivity index (χ4n) is 3.81. The predicted octanol–water partition coefficient (Wildman–Crippen LogP) is 2.90. The van der Waals surface area contributed by atoms with Gasteiger partial charge in [0.05, 0.1) is 29.0 Å². The monoisotopic (exact) mass is 474 g/mol. The Labute approximate surface area is 193 Å². The van der Waals surface area contributed by atoms with E-state index in [4.69, 9.17) is 21.8 Å². The van der Waals surface area contributed by atoms with Crippen LogP contribution in [0, 0.1) is 5.92 Å². The number of primary amides is 1. The highest BCUT2D eigenvalue weighted by molar-refractivity contribution is 8.00. The molecule has 8 nitrogen and oxygen atoms in total. The average molecular weight is 475 g/mol. The van der Waals surface area contributed by atoms with E-state index in [1.165, 1.54) is 16.3 Å². The Hall–Kier alpha value is -2.78. The predicted molar refractivity (Wildman–Crippen MR) is 123 cm³/mol. The van der Waals surface area contributed by atoms with Gasteiger partial charge in [-0.05, 0) is 50.1 Å². The molecule has 168 valence electrons. The highest BCUT2D eigenvalue weighted by atomic mass is 35.5. The van der Waals surface area contributed by atoms with Crippen LogP contribution in [0.15, 0.2) is 51.0 Å². The first-order valence-electron chi connectivity index (χ1n) is 10.3. The number of carbonyl (C=O) groups is 2. The third kappa shape index (κ3) is 4.68. The van der Waals surface area contributed by atoms with Crippen LogP contribution in [-0.2, 0) is 16.1 Å². The van der Waals surface area contributed by atoms with Gasteiger partial charge in [-0.15, -0.1) is 0 Å². The molecule has 2 N–H and O–H groups in total. The third-order valence-corrected chi connectivity index (χ3v) is 6.93. The molecule has 3 aromatic rings. The first-order chi connectivity index (χ1) is 15.3. The lowest BCUT2D eigenvalue weighted by atomic mass is 9.96. The number of carbonyl (C=O) groups excluding carboxylic acids is 2. The maximum atomic E-state index is 13.2. The molecule has 3 heterocycles. The number of hydrogen-bond donors (Lipinski definition) is 1. The first-order valence-corrected chi connectivity index (χ1v) is 11.6. The summed E-state index contributed by atoms with van der Waals surface area (Å²) >= 11 is 7.33. The lowest BCUT2D eigenvalue weighted by molar-refractivity contribution is -0.134. The summed E-state index contributed by atoms with van der Waals surface area (Å²) in [4.78, 5) is 44.1. The number of hydrogen-bond acceptors (Lipinski definition) is 6. The number of amides is 2. The van der Waals surface area contributed by atoms with E-state index >= 15 is 0 Å². The number of nitrogens with two attached hydrogens (primary N) is 1. The Bertz CT molecular complexity index is 1200. The van der Waals surface area contributed by atoms with Gasteiger partial charge in [0.15, 0.2) is 5.16 Å². The van der Waals surface area contributed by atoms with Gasteiger partial charge in [-0.2, -0.15) is 0 Å². The maximum absolute atomic E-state index is 13.2. The summed E-state index contributed by atoms with van der Waals surface area (Å²) in [6, 6.07) is 8.48. The van der Waals surface area contributed by atoms with Crippen LogP contribution in [-0.4, -0.2) is 44.6 Å². The molecule has 0 saturated carbocycles. The minimum absolute atomic E-state index is 0.0668. The Morgan fingerprint density at radius 2 is 2.06 bits per heavy atom. The van der Waals surface area contributed by atoms with Crippen LogP contribution in [0.3, 0.4) is 0 Å². The number of piperidine rings is 1. The second-order valence-electron chi connectivity index (χ2n) is 7.79. The standard InChI is InChI=1S/C22H23ClN4O4S/c1-13(20(29)26-8-6-14(7-9-26)19(24)28)32-22-25-18-11-15(23)4-5-17(18)21(30)27(22)12-16-3-2-10-31-16/h2-5,10-11,13-14H,6-9,12H2,1H3,(H2,24,28). The molecule has 32 heavy (non-hydrogen) atoms. The Morgan fingerprint density at radius 3 is 2.72 bits per heavy atom. The quantitative estimate of drug-likeness (QED) is 0.434. The van der Waals surface area contributed by atoms with Crippen molar-refractivity contribution in [3.63, 3.8) is 0 Å². The average Bonchev–Trinajstić information content (AvgIpc) is 3.29. The largest absolute Gasteiger partial charge is 0.467 e. The van der Waals surface area contributed by atoms with Gasteiger partial charge in [0.1, 0.15) is 5.76 Å². The molecule has 1 atom stereocenters. The van der Waals surface area contributed by atoms with Gasteiger partial charge in [-0.25, -0.2) is 4.98 Å². The number of aromatic nitrogens is 2. The lowest BCUT2D eigenvalue weighted by Crippen LogP contribution is -2.44. The van der Waals surface area contributed by atoms with Crippen LogP contribution in [0.2, 0.25) is 5.02 Å². The van der Waals surface area contributed by atoms with E-state index in [-0.39, 0.29) is 29.8 Å². The van der Waals surface area contributed by atoms with E-state index in [1.807, 2.05) is 0 Å². The molecule has 0 radical (unpaired) electrons. The molecule has 0 spiro atoms. The van der Waals surface area contributed by atoms with Crippen molar-refractivity contribution in [3.05, 3.63) is 57.7 Å². The van der Waals surface area contributed by atoms with Crippen LogP contribution < -0.4 is 11.3 Å². The molecule has 1 saturated heterocycles. The highest BCUT2D eigenvalue weighted by Gasteiger charge is 2.29. The Kier molecular flexibility index (Phi) is 6.57. The number of fused-ring (bicyclic) bond motifs is 1. The third-order valence-electron chi connectivity index (χ3n) is 5.62. The van der Waals surface area contributed by atoms with Crippen molar-refractivity contribution < 1.29 is 14.0 Å². The zero-order valence-electron chi connectivity index (χ0n) is 17.5. The molecule has 0 aliphatic carbocycles. The number of thioether (sulfide) groups is 1. The van der Waals surface area contributed by atoms with Crippen LogP contribution in [0.5, 0.6) is 0 Å². The van der Waals surface area contributed by atoms with Crippen molar-refractivity contribution in [1.29, 1.82) is 0 Å². The second-order valence-corrected chi connectivity index (χ2v) is 9.53. The van der Waals surface area contributed by atoms with Gasteiger partial charge in [0.25, 0.3) is 5.56 Å². The minimum Gasteiger partial charge on any atom is -0.467 e. The number of nitrogens with zero attached hydrogens (tertiary/aromatic N) is 3. The number of likely N-dealkylation sites (tertiary alicyclic amines) is 1. The number of benzene rings is 1. The summed E-state index contributed by atoms with van der Waals surface area (Å²) in [5, 5.41) is 0.851. The Balaban J connectivity index is 1.61. The summed E-state index contributed by atoms with van der Waals surface area (Å²) in [5.41, 5.74) is 5.63. The van der Waals surface area contributed by atoms with E-state index < -0.39 is 5.25 Å². The smallest absolute Gasteiger partial charge is 0.262 e. The molecule has 1 aliphatic heterocycles. The summed E-state index contributed by atoms with van der Waals surface area (Å²) < 4.78 is 6.94. The summed E-state index contributed by atoms with van der Waals surface area (Å²) in [7, 11) is 0. The molecule has 1 aliphatic rings. The van der Waals surface area contributed by atoms with Crippen LogP contribution in [0.25, 0.3) is 10.9 Å². The van der Waals surface area contributed by atoms with Gasteiger partial charge in [-0.1, -0.05) is 23.4 Å². The maximum Gasteiger partial charge on any atom is 0.262 e. The minimum atomic E-state index is -0.480. The molecule has 4 rings (SSSR count). The van der Waals surface area contributed by atoms with Crippen LogP contribution in [0.1, 0.15) is 25.5 Å². The van der Waals surface area contributed by atoms with E-state index in [0.717, 1.165) is 0 Å². The molecule has 0 bridgehead atoms. The van der Waals surface area contributed by atoms with Crippen molar-refractivity contribution in [1.82, 2.24) is 14.5 Å². The topological polar surface area (TPSA) is 111 Å². The number of rotatable bonds is 6. The van der Waals surface area contributed by atoms with Crippen molar-refractivity contribution in [2.24, 2.45) is 11.7 Å². The summed E-state index contributed by atoms with van der Waals surface area (Å²) in [6.45, 7) is 2.96. The zero-order chi connectivity index (χ0) is 22.8. The van der Waals surface area contributed by atoms with Crippen molar-refractivity contribution >= 4 is 46.1 Å². The van der Waals surface area contributed by atoms with Gasteiger partial charge in [0.2, 0.25) is 11.8 Å². The lowest BCUT2D eigenvalue weighted by Gasteiger charge is -2.32. The number of furan rings is 1. The van der Waals surface area contributed by atoms with Crippen molar-refractivity contribution in [2.45, 2.75) is 36.7 Å². The van der Waals surface area contributed by atoms with Crippen LogP contribution >= 0.6 is 23.4 Å². The van der Waals surface area contributed by atoms with E-state index in [1.54, 1.807) is 48.4 Å². The normalized spacial score (nSPS) is 15.8. The van der Waals surface area contributed by atoms with Gasteiger partial charge in [-0.3, -0.25) is 19.0 Å². The van der Waals surface area contributed by atoms with Crippen molar-refractivity contribution in [2.75, 3.05) is 13.1 Å². The first kappa shape index (κ1) is 22.4. The van der Waals surface area contributed by atoms with E-state index in [0.29, 0.717) is 52.8 Å². The molecule has 1 aromatic carbocycles. The molecule has 10 heteroatoms. The van der Waals surface area contributed by atoms with Gasteiger partial charge in [0, 0.05) is 24.0 Å². The SMILES string of the molecule is CC(Sc1nc2cc(Cl)ccc2c(=O)n1Cc1ccco1)C(=O)N1CCC(C(N)=O)CC1. The molecular weight excluding hydrogens is 452 g/mol. The number of halogens is 1. The zero-order valence-corrected chi connectivity index (χ0v) is 19.1. The van der Waals surface area contributed by atoms with E-state index in [2.05, 4.69) is 4.98 Å². The van der Waals surface area contributed by atoms with Crippen LogP contribution in [0.4, 0.5) is 0 Å². The van der Waals surface area contributed by atoms with Gasteiger partial charge >= 0.3 is 0 Å². The summed E-state index contributed by atoms with van der Waals surface area (Å²) in [6.07, 6.45) is 2.67. The fourth-order valence-corrected chi connectivity index (χ4v) is 4.97. The molecule has 2 aromatic heterocycles. The molecule has 2 amide bonds. The summed E-state index contributed by atoms with van der Waals surface area (Å²) in [5.74, 6) is 0.0346.